The molecule has 8 heteroatoms. The third-order valence-corrected chi connectivity index (χ3v) is 3.17. The van der Waals surface area contributed by atoms with Crippen molar-refractivity contribution in [3.63, 3.8) is 0 Å². The number of nitro benzene ring substituents is 1. The van der Waals surface area contributed by atoms with Crippen molar-refractivity contribution in [2.24, 2.45) is 0 Å². The van der Waals surface area contributed by atoms with Crippen molar-refractivity contribution in [3.8, 4) is 11.8 Å². The normalized spacial score (nSPS) is 10.4. The molecule has 1 aromatic carbocycles. The molecule has 1 rings (SSSR count). The Labute approximate surface area is 108 Å². The highest BCUT2D eigenvalue weighted by atomic mass is 32.2. The van der Waals surface area contributed by atoms with Gasteiger partial charge in [0.15, 0.2) is 9.84 Å². The number of rotatable bonds is 3. The Hall–Kier alpha value is -2.40. The second-order valence-corrected chi connectivity index (χ2v) is 5.60. The van der Waals surface area contributed by atoms with Gasteiger partial charge in [0.05, 0.1) is 9.82 Å². The van der Waals surface area contributed by atoms with Gasteiger partial charge in [-0.3, -0.25) is 14.9 Å². The molecule has 7 nitrogen and oxygen atoms in total. The molecule has 0 saturated carbocycles. The van der Waals surface area contributed by atoms with Crippen LogP contribution in [0.1, 0.15) is 12.0 Å². The summed E-state index contributed by atoms with van der Waals surface area (Å²) in [7, 11) is -3.56. The molecule has 0 radical (unpaired) electrons. The molecule has 0 aliphatic rings. The van der Waals surface area contributed by atoms with E-state index < -0.39 is 32.8 Å². The number of nitro groups is 1. The van der Waals surface area contributed by atoms with E-state index in [1.165, 1.54) is 12.1 Å². The van der Waals surface area contributed by atoms with Crippen LogP contribution in [0.3, 0.4) is 0 Å². The molecule has 0 aromatic heterocycles. The number of carboxylic acid groups (broad SMARTS) is 1. The summed E-state index contributed by atoms with van der Waals surface area (Å²) in [5, 5.41) is 19.2. The molecule has 0 aliphatic carbocycles. The van der Waals surface area contributed by atoms with Crippen molar-refractivity contribution in [1.29, 1.82) is 0 Å². The predicted octanol–water partition coefficient (Wildman–Crippen LogP) is 0.825. The number of carbonyl (C=O) groups is 1. The maximum absolute atomic E-state index is 11.3. The molecule has 0 bridgehead atoms. The lowest BCUT2D eigenvalue weighted by atomic mass is 10.2. The van der Waals surface area contributed by atoms with Gasteiger partial charge < -0.3 is 5.11 Å². The Kier molecular flexibility index (Phi) is 4.24. The summed E-state index contributed by atoms with van der Waals surface area (Å²) < 4.78 is 22.6. The van der Waals surface area contributed by atoms with E-state index in [1.807, 2.05) is 0 Å². The first-order valence-electron chi connectivity index (χ1n) is 4.91. The number of nitrogens with zero attached hydrogens (tertiary/aromatic N) is 1. The van der Waals surface area contributed by atoms with E-state index >= 15 is 0 Å². The van der Waals surface area contributed by atoms with Gasteiger partial charge in [-0.2, -0.15) is 0 Å². The maximum atomic E-state index is 11.3. The van der Waals surface area contributed by atoms with Crippen LogP contribution in [0.5, 0.6) is 0 Å². The standard InChI is InChI=1S/C11H9NO6S/c1-19(17,18)9-6-5-8(3-2-4-11(13)14)10(7-9)12(15)16/h5-7H,4H2,1H3,(H,13,14). The number of benzene rings is 1. The molecular weight excluding hydrogens is 274 g/mol. The van der Waals surface area contributed by atoms with Crippen molar-refractivity contribution in [1.82, 2.24) is 0 Å². The minimum absolute atomic E-state index is 0.0290. The molecule has 1 N–H and O–H groups in total. The zero-order valence-corrected chi connectivity index (χ0v) is 10.6. The molecule has 1 aromatic rings. The van der Waals surface area contributed by atoms with Gasteiger partial charge in [-0.25, -0.2) is 8.42 Å². The van der Waals surface area contributed by atoms with Crippen molar-refractivity contribution in [2.45, 2.75) is 11.3 Å². The minimum Gasteiger partial charge on any atom is -0.481 e. The van der Waals surface area contributed by atoms with Crippen molar-refractivity contribution in [3.05, 3.63) is 33.9 Å². The fraction of sp³-hybridized carbons (Fsp3) is 0.182. The number of sulfone groups is 1. The zero-order valence-electron chi connectivity index (χ0n) is 9.78. The smallest absolute Gasteiger partial charge is 0.315 e. The van der Waals surface area contributed by atoms with E-state index in [-0.39, 0.29) is 10.5 Å². The highest BCUT2D eigenvalue weighted by Crippen LogP contribution is 2.22. The summed E-state index contributed by atoms with van der Waals surface area (Å²) >= 11 is 0. The summed E-state index contributed by atoms with van der Waals surface area (Å²) in [6.45, 7) is 0. The monoisotopic (exact) mass is 283 g/mol. The SMILES string of the molecule is CS(=O)(=O)c1ccc(C#CCC(=O)O)c([N+](=O)[O-])c1. The number of aliphatic carboxylic acids is 1. The van der Waals surface area contributed by atoms with Crippen LogP contribution >= 0.6 is 0 Å². The second kappa shape index (κ2) is 5.49. The second-order valence-electron chi connectivity index (χ2n) is 3.58. The Bertz CT molecular complexity index is 696. The van der Waals surface area contributed by atoms with Gasteiger partial charge in [0.2, 0.25) is 0 Å². The van der Waals surface area contributed by atoms with Gasteiger partial charge in [-0.05, 0) is 12.1 Å². The van der Waals surface area contributed by atoms with E-state index in [1.54, 1.807) is 0 Å². The molecule has 19 heavy (non-hydrogen) atoms. The summed E-state index contributed by atoms with van der Waals surface area (Å²) in [5.41, 5.74) is -0.500. The molecule has 0 fully saturated rings. The largest absolute Gasteiger partial charge is 0.481 e. The highest BCUT2D eigenvalue weighted by molar-refractivity contribution is 7.90. The van der Waals surface area contributed by atoms with Crippen molar-refractivity contribution >= 4 is 21.5 Å². The Morgan fingerprint density at radius 1 is 1.47 bits per heavy atom. The lowest BCUT2D eigenvalue weighted by Gasteiger charge is -2.00. The number of hydrogen-bond acceptors (Lipinski definition) is 5. The van der Waals surface area contributed by atoms with E-state index in [4.69, 9.17) is 5.11 Å². The summed E-state index contributed by atoms with van der Waals surface area (Å²) in [4.78, 5) is 20.1. The maximum Gasteiger partial charge on any atom is 0.315 e. The highest BCUT2D eigenvalue weighted by Gasteiger charge is 2.17. The molecule has 0 amide bonds. The van der Waals surface area contributed by atoms with Crippen molar-refractivity contribution < 1.29 is 23.2 Å². The fourth-order valence-corrected chi connectivity index (χ4v) is 1.85. The lowest BCUT2D eigenvalue weighted by Crippen LogP contribution is -2.00. The first-order chi connectivity index (χ1) is 8.71. The van der Waals surface area contributed by atoms with E-state index in [0.29, 0.717) is 0 Å². The first kappa shape index (κ1) is 14.7. The van der Waals surface area contributed by atoms with Crippen LogP contribution < -0.4 is 0 Å². The number of carboxylic acids is 1. The van der Waals surface area contributed by atoms with Crippen LogP contribution in [0.25, 0.3) is 0 Å². The molecular formula is C11H9NO6S. The third kappa shape index (κ3) is 4.08. The molecule has 0 heterocycles. The van der Waals surface area contributed by atoms with Crippen LogP contribution in [0, 0.1) is 22.0 Å². The number of hydrogen-bond donors (Lipinski definition) is 1. The Morgan fingerprint density at radius 3 is 2.58 bits per heavy atom. The minimum atomic E-state index is -3.56. The molecule has 0 unspecified atom stereocenters. The van der Waals surface area contributed by atoms with Crippen LogP contribution in [0.15, 0.2) is 23.1 Å². The van der Waals surface area contributed by atoms with Gasteiger partial charge >= 0.3 is 5.97 Å². The van der Waals surface area contributed by atoms with Gasteiger partial charge in [0.25, 0.3) is 5.69 Å². The first-order valence-corrected chi connectivity index (χ1v) is 6.80. The average molecular weight is 283 g/mol. The van der Waals surface area contributed by atoms with Gasteiger partial charge in [-0.15, -0.1) is 0 Å². The molecule has 0 atom stereocenters. The summed E-state index contributed by atoms with van der Waals surface area (Å²) in [6.07, 6.45) is 0.479. The Morgan fingerprint density at radius 2 is 2.11 bits per heavy atom. The quantitative estimate of drug-likeness (QED) is 0.499. The van der Waals surface area contributed by atoms with Gasteiger partial charge in [0.1, 0.15) is 12.0 Å². The average Bonchev–Trinajstić information content (AvgIpc) is 2.27. The molecule has 0 saturated heterocycles. The van der Waals surface area contributed by atoms with Gasteiger partial charge in [0, 0.05) is 12.3 Å². The van der Waals surface area contributed by atoms with Gasteiger partial charge in [-0.1, -0.05) is 11.8 Å². The summed E-state index contributed by atoms with van der Waals surface area (Å²) in [6, 6.07) is 3.27. The van der Waals surface area contributed by atoms with Crippen molar-refractivity contribution in [2.75, 3.05) is 6.26 Å². The molecule has 100 valence electrons. The fourth-order valence-electron chi connectivity index (χ4n) is 1.21. The van der Waals surface area contributed by atoms with Crippen LogP contribution in [0.4, 0.5) is 5.69 Å². The lowest BCUT2D eigenvalue weighted by molar-refractivity contribution is -0.385. The Balaban J connectivity index is 3.30. The van der Waals surface area contributed by atoms with Crippen LogP contribution in [-0.2, 0) is 14.6 Å². The zero-order chi connectivity index (χ0) is 14.6. The predicted molar refractivity (Wildman–Crippen MR) is 65.3 cm³/mol. The molecule has 0 aliphatic heterocycles. The van der Waals surface area contributed by atoms with Crippen LogP contribution in [-0.4, -0.2) is 30.7 Å². The van der Waals surface area contributed by atoms with Crippen LogP contribution in [0.2, 0.25) is 0 Å². The summed E-state index contributed by atoms with van der Waals surface area (Å²) in [5.74, 6) is 3.44. The third-order valence-electron chi connectivity index (χ3n) is 2.06. The van der Waals surface area contributed by atoms with E-state index in [0.717, 1.165) is 12.3 Å². The topological polar surface area (TPSA) is 115 Å². The molecule has 0 spiro atoms. The van der Waals surface area contributed by atoms with E-state index in [9.17, 15) is 23.3 Å². The van der Waals surface area contributed by atoms with E-state index in [2.05, 4.69) is 11.8 Å².